The van der Waals surface area contributed by atoms with Gasteiger partial charge in [-0.1, -0.05) is 0 Å². The van der Waals surface area contributed by atoms with Crippen molar-refractivity contribution in [1.29, 1.82) is 0 Å². The van der Waals surface area contributed by atoms with E-state index in [2.05, 4.69) is 10.3 Å². The van der Waals surface area contributed by atoms with Crippen molar-refractivity contribution in [2.24, 2.45) is 5.73 Å². The molecule has 0 fully saturated rings. The van der Waals surface area contributed by atoms with Gasteiger partial charge in [-0.2, -0.15) is 0 Å². The van der Waals surface area contributed by atoms with E-state index in [-0.39, 0.29) is 31.2 Å². The molecule has 2 aromatic rings. The third-order valence-corrected chi connectivity index (χ3v) is 3.59. The van der Waals surface area contributed by atoms with Crippen molar-refractivity contribution < 1.29 is 18.0 Å². The maximum atomic E-state index is 12.9. The Labute approximate surface area is 148 Å². The zero-order valence-corrected chi connectivity index (χ0v) is 14.6. The Kier molecular flexibility index (Phi) is 8.68. The van der Waals surface area contributed by atoms with E-state index in [0.29, 0.717) is 16.5 Å². The summed E-state index contributed by atoms with van der Waals surface area (Å²) in [6.07, 6.45) is -0.0587. The van der Waals surface area contributed by atoms with Crippen molar-refractivity contribution >= 4 is 42.1 Å². The van der Waals surface area contributed by atoms with Crippen LogP contribution in [0.5, 0.6) is 0 Å². The van der Waals surface area contributed by atoms with Crippen LogP contribution in [0.15, 0.2) is 21.9 Å². The number of alkyl halides is 2. The van der Waals surface area contributed by atoms with Crippen LogP contribution in [0.4, 0.5) is 8.78 Å². The highest BCUT2D eigenvalue weighted by atomic mass is 35.5. The quantitative estimate of drug-likeness (QED) is 0.798. The van der Waals surface area contributed by atoms with Crippen molar-refractivity contribution in [2.45, 2.75) is 19.3 Å². The van der Waals surface area contributed by atoms with Gasteiger partial charge in [0.25, 0.3) is 5.92 Å². The van der Waals surface area contributed by atoms with Gasteiger partial charge in [0.15, 0.2) is 10.8 Å². The number of thiazole rings is 1. The van der Waals surface area contributed by atoms with Crippen LogP contribution in [0, 0.1) is 6.92 Å². The van der Waals surface area contributed by atoms with Gasteiger partial charge < -0.3 is 15.5 Å². The van der Waals surface area contributed by atoms with Gasteiger partial charge in [0, 0.05) is 5.38 Å². The molecule has 3 N–H and O–H groups in total. The van der Waals surface area contributed by atoms with Crippen LogP contribution in [0.25, 0.3) is 10.8 Å². The lowest BCUT2D eigenvalue weighted by atomic mass is 10.3. The Morgan fingerprint density at radius 3 is 2.70 bits per heavy atom. The Bertz CT molecular complexity index is 634. The average molecular weight is 388 g/mol. The number of aryl methyl sites for hydroxylation is 1. The molecule has 1 amide bonds. The molecule has 2 aromatic heterocycles. The first-order chi connectivity index (χ1) is 9.89. The third kappa shape index (κ3) is 6.42. The van der Waals surface area contributed by atoms with E-state index >= 15 is 0 Å². The van der Waals surface area contributed by atoms with Crippen LogP contribution in [-0.2, 0) is 11.2 Å². The summed E-state index contributed by atoms with van der Waals surface area (Å²) in [7, 11) is 0. The summed E-state index contributed by atoms with van der Waals surface area (Å²) in [5, 5.41) is 4.50. The topological polar surface area (TPSA) is 81.2 Å². The lowest BCUT2D eigenvalue weighted by Crippen LogP contribution is -2.42. The van der Waals surface area contributed by atoms with E-state index in [9.17, 15) is 13.6 Å². The fraction of sp³-hybridized carbons (Fsp3) is 0.385. The fourth-order valence-corrected chi connectivity index (χ4v) is 2.36. The van der Waals surface area contributed by atoms with Gasteiger partial charge in [0.05, 0.1) is 25.2 Å². The second kappa shape index (κ2) is 9.17. The largest absolute Gasteiger partial charge is 0.459 e. The monoisotopic (exact) mass is 387 g/mol. The van der Waals surface area contributed by atoms with E-state index in [1.54, 1.807) is 11.4 Å². The SMILES string of the molecule is Cc1ccc(-c2nc(CC(=O)NCC(F)(F)CN)cs2)o1.Cl.Cl. The second-order valence-corrected chi connectivity index (χ2v) is 5.43. The number of nitrogens with one attached hydrogen (secondary N) is 1. The Hall–Kier alpha value is -1.22. The number of nitrogens with zero attached hydrogens (tertiary/aromatic N) is 1. The van der Waals surface area contributed by atoms with E-state index in [4.69, 9.17) is 10.2 Å². The second-order valence-electron chi connectivity index (χ2n) is 4.57. The van der Waals surface area contributed by atoms with Crippen LogP contribution in [0.1, 0.15) is 11.5 Å². The highest BCUT2D eigenvalue weighted by Crippen LogP contribution is 2.25. The maximum Gasteiger partial charge on any atom is 0.277 e. The first-order valence-corrected chi connectivity index (χ1v) is 7.13. The molecule has 0 bridgehead atoms. The number of carbonyl (C=O) groups is 1. The zero-order chi connectivity index (χ0) is 15.5. The normalized spacial score (nSPS) is 10.6. The number of carbonyl (C=O) groups excluding carboxylic acids is 1. The van der Waals surface area contributed by atoms with Crippen LogP contribution in [0.3, 0.4) is 0 Å². The minimum Gasteiger partial charge on any atom is -0.459 e. The van der Waals surface area contributed by atoms with Crippen LogP contribution in [0.2, 0.25) is 0 Å². The van der Waals surface area contributed by atoms with Crippen LogP contribution < -0.4 is 11.1 Å². The summed E-state index contributed by atoms with van der Waals surface area (Å²) in [5.74, 6) is -2.22. The van der Waals surface area contributed by atoms with Crippen LogP contribution >= 0.6 is 36.2 Å². The smallest absolute Gasteiger partial charge is 0.277 e. The fourth-order valence-electron chi connectivity index (χ4n) is 1.58. The standard InChI is InChI=1S/C13H15F2N3O2S.2ClH/c1-8-2-3-10(20-8)12-18-9(5-21-12)4-11(19)17-7-13(14,15)6-16;;/h2-3,5H,4,6-7,16H2,1H3,(H,17,19);2*1H. The van der Waals surface area contributed by atoms with E-state index in [1.165, 1.54) is 11.3 Å². The van der Waals surface area contributed by atoms with Crippen molar-refractivity contribution in [1.82, 2.24) is 10.3 Å². The summed E-state index contributed by atoms with van der Waals surface area (Å²) < 4.78 is 31.3. The zero-order valence-electron chi connectivity index (χ0n) is 12.2. The molecule has 5 nitrogen and oxygen atoms in total. The molecule has 130 valence electrons. The Morgan fingerprint density at radius 2 is 2.13 bits per heavy atom. The molecule has 0 spiro atoms. The number of amides is 1. The lowest BCUT2D eigenvalue weighted by molar-refractivity contribution is -0.122. The predicted octanol–water partition coefficient (Wildman–Crippen LogP) is 2.81. The van der Waals surface area contributed by atoms with E-state index in [0.717, 1.165) is 5.76 Å². The number of nitrogens with two attached hydrogens (primary N) is 1. The summed E-state index contributed by atoms with van der Waals surface area (Å²) in [6, 6.07) is 3.61. The number of halogens is 4. The average Bonchev–Trinajstić information content (AvgIpc) is 3.05. The number of rotatable bonds is 6. The molecule has 0 unspecified atom stereocenters. The first kappa shape index (κ1) is 21.8. The van der Waals surface area contributed by atoms with Gasteiger partial charge in [0.2, 0.25) is 5.91 Å². The van der Waals surface area contributed by atoms with Gasteiger partial charge in [-0.25, -0.2) is 13.8 Å². The van der Waals surface area contributed by atoms with Crippen molar-refractivity contribution in [3.8, 4) is 10.8 Å². The number of furan rings is 1. The molecule has 2 rings (SSSR count). The molecular formula is C13H17Cl2F2N3O2S. The molecule has 0 aliphatic heterocycles. The number of hydrogen-bond donors (Lipinski definition) is 2. The van der Waals surface area contributed by atoms with Gasteiger partial charge in [-0.15, -0.1) is 36.2 Å². The van der Waals surface area contributed by atoms with Crippen molar-refractivity contribution in [2.75, 3.05) is 13.1 Å². The summed E-state index contributed by atoms with van der Waals surface area (Å²) in [5.41, 5.74) is 5.40. The van der Waals surface area contributed by atoms with Gasteiger partial charge in [-0.3, -0.25) is 4.79 Å². The Morgan fingerprint density at radius 1 is 1.43 bits per heavy atom. The van der Waals surface area contributed by atoms with Crippen molar-refractivity contribution in [3.05, 3.63) is 29.0 Å². The third-order valence-electron chi connectivity index (χ3n) is 2.69. The summed E-state index contributed by atoms with van der Waals surface area (Å²) in [6.45, 7) is 0.256. The number of aromatic nitrogens is 1. The molecular weight excluding hydrogens is 371 g/mol. The van der Waals surface area contributed by atoms with Gasteiger partial charge >= 0.3 is 0 Å². The Balaban J connectivity index is 0.00000242. The molecule has 0 aliphatic carbocycles. The molecule has 0 aliphatic rings. The van der Waals surface area contributed by atoms with Crippen molar-refractivity contribution in [3.63, 3.8) is 0 Å². The molecule has 0 atom stereocenters. The summed E-state index contributed by atoms with van der Waals surface area (Å²) >= 11 is 1.33. The highest BCUT2D eigenvalue weighted by molar-refractivity contribution is 7.13. The molecule has 0 aromatic carbocycles. The first-order valence-electron chi connectivity index (χ1n) is 6.25. The lowest BCUT2D eigenvalue weighted by Gasteiger charge is -2.14. The van der Waals surface area contributed by atoms with Gasteiger partial charge in [-0.05, 0) is 19.1 Å². The minimum absolute atomic E-state index is 0. The summed E-state index contributed by atoms with van der Waals surface area (Å²) in [4.78, 5) is 15.8. The minimum atomic E-state index is -3.09. The van der Waals surface area contributed by atoms with Gasteiger partial charge in [0.1, 0.15) is 5.76 Å². The highest BCUT2D eigenvalue weighted by Gasteiger charge is 2.27. The molecule has 10 heteroatoms. The van der Waals surface area contributed by atoms with E-state index in [1.807, 2.05) is 13.0 Å². The van der Waals surface area contributed by atoms with Crippen LogP contribution in [-0.4, -0.2) is 29.9 Å². The van der Waals surface area contributed by atoms with E-state index < -0.39 is 24.9 Å². The maximum absolute atomic E-state index is 12.9. The molecule has 0 radical (unpaired) electrons. The molecule has 0 saturated heterocycles. The predicted molar refractivity (Wildman–Crippen MR) is 89.8 cm³/mol. The molecule has 23 heavy (non-hydrogen) atoms. The molecule has 2 heterocycles. The number of hydrogen-bond acceptors (Lipinski definition) is 5. The molecule has 0 saturated carbocycles.